The molecular weight excluding hydrogens is 248 g/mol. The molecule has 2 nitrogen and oxygen atoms in total. The first-order chi connectivity index (χ1) is 8.80. The number of nitrogens with zero attached hydrogens (tertiary/aromatic N) is 1. The Morgan fingerprint density at radius 2 is 1.53 bits per heavy atom. The number of pyridine rings is 1. The second-order valence-corrected chi connectivity index (χ2v) is 11.7. The lowest BCUT2D eigenvalue weighted by Gasteiger charge is -2.38. The van der Waals surface area contributed by atoms with Crippen LogP contribution in [-0.4, -0.2) is 13.1 Å². The van der Waals surface area contributed by atoms with Crippen molar-refractivity contribution < 1.29 is 0 Å². The van der Waals surface area contributed by atoms with E-state index in [0.717, 1.165) is 5.56 Å². The van der Waals surface area contributed by atoms with Crippen molar-refractivity contribution in [3.05, 3.63) is 23.9 Å². The van der Waals surface area contributed by atoms with Crippen LogP contribution in [-0.2, 0) is 0 Å². The van der Waals surface area contributed by atoms with Crippen molar-refractivity contribution in [3.8, 4) is 11.5 Å². The molecule has 1 aromatic heterocycles. The predicted molar refractivity (Wildman–Crippen MR) is 86.6 cm³/mol. The summed E-state index contributed by atoms with van der Waals surface area (Å²) in [4.78, 5) is 4.11. The van der Waals surface area contributed by atoms with Gasteiger partial charge in [-0.3, -0.25) is 0 Å². The molecule has 0 aliphatic heterocycles. The summed E-state index contributed by atoms with van der Waals surface area (Å²) < 4.78 is 0. The number of hydrogen-bond donors (Lipinski definition) is 1. The quantitative estimate of drug-likeness (QED) is 0.661. The summed E-state index contributed by atoms with van der Waals surface area (Å²) in [6, 6.07) is 3.77. The lowest BCUT2D eigenvalue weighted by atomic mass is 10.3. The summed E-state index contributed by atoms with van der Waals surface area (Å²) in [6.45, 7) is 13.9. The molecule has 0 aliphatic rings. The van der Waals surface area contributed by atoms with Crippen LogP contribution in [0.3, 0.4) is 0 Å². The van der Waals surface area contributed by atoms with Gasteiger partial charge in [0.1, 0.15) is 13.9 Å². The molecule has 0 spiro atoms. The Balaban J connectivity index is 3.19. The number of nitrogen functional groups attached to an aromatic ring is 1. The Bertz CT molecular complexity index is 442. The van der Waals surface area contributed by atoms with Crippen LogP contribution in [0.5, 0.6) is 0 Å². The molecule has 1 aromatic rings. The lowest BCUT2D eigenvalue weighted by Crippen LogP contribution is -2.43. The van der Waals surface area contributed by atoms with E-state index in [4.69, 9.17) is 5.73 Å². The standard InChI is InChI=1S/C16H26N2Si/c1-12(2)19(13(3)4,14(5)6)10-9-15-7-8-16(17)18-11-15/h7-8,11-14H,1-6H3,(H2,17,18). The zero-order valence-corrected chi connectivity index (χ0v) is 14.0. The third-order valence-corrected chi connectivity index (χ3v) is 10.4. The summed E-state index contributed by atoms with van der Waals surface area (Å²) in [5.74, 6) is 3.90. The molecule has 0 saturated carbocycles. The monoisotopic (exact) mass is 274 g/mol. The minimum absolute atomic E-state index is 0.547. The van der Waals surface area contributed by atoms with E-state index in [1.807, 2.05) is 12.1 Å². The van der Waals surface area contributed by atoms with Crippen molar-refractivity contribution in [1.29, 1.82) is 0 Å². The van der Waals surface area contributed by atoms with Crippen LogP contribution in [0.1, 0.15) is 47.1 Å². The number of anilines is 1. The molecule has 104 valence electrons. The Morgan fingerprint density at radius 1 is 1.00 bits per heavy atom. The predicted octanol–water partition coefficient (Wildman–Crippen LogP) is 4.23. The molecule has 0 fully saturated rings. The van der Waals surface area contributed by atoms with Crippen molar-refractivity contribution in [2.45, 2.75) is 58.2 Å². The van der Waals surface area contributed by atoms with E-state index in [0.29, 0.717) is 22.4 Å². The number of nitrogens with two attached hydrogens (primary N) is 1. The minimum atomic E-state index is -1.64. The fourth-order valence-electron chi connectivity index (χ4n) is 3.09. The molecule has 0 unspecified atom stereocenters. The van der Waals surface area contributed by atoms with Crippen molar-refractivity contribution in [2.24, 2.45) is 0 Å². The van der Waals surface area contributed by atoms with E-state index in [1.165, 1.54) is 0 Å². The molecule has 0 radical (unpaired) electrons. The van der Waals surface area contributed by atoms with E-state index >= 15 is 0 Å². The highest BCUT2D eigenvalue weighted by atomic mass is 28.3. The lowest BCUT2D eigenvalue weighted by molar-refractivity contribution is 0.838. The van der Waals surface area contributed by atoms with E-state index in [1.54, 1.807) is 6.20 Å². The van der Waals surface area contributed by atoms with Gasteiger partial charge in [0.25, 0.3) is 0 Å². The van der Waals surface area contributed by atoms with Crippen molar-refractivity contribution >= 4 is 13.9 Å². The maximum absolute atomic E-state index is 5.60. The van der Waals surface area contributed by atoms with Gasteiger partial charge in [0.2, 0.25) is 0 Å². The largest absolute Gasteiger partial charge is 0.384 e. The number of aromatic nitrogens is 1. The normalized spacial score (nSPS) is 11.8. The van der Waals surface area contributed by atoms with Gasteiger partial charge in [-0.1, -0.05) is 47.5 Å². The average Bonchev–Trinajstić information content (AvgIpc) is 2.30. The molecule has 3 heteroatoms. The molecule has 0 atom stereocenters. The highest BCUT2D eigenvalue weighted by Crippen LogP contribution is 2.40. The SMILES string of the molecule is CC(C)[Si](C#Cc1ccc(N)nc1)(C(C)C)C(C)C. The molecule has 19 heavy (non-hydrogen) atoms. The second-order valence-electron chi connectivity index (χ2n) is 6.12. The smallest absolute Gasteiger partial charge is 0.146 e. The molecule has 2 N–H and O–H groups in total. The molecule has 1 heterocycles. The van der Waals surface area contributed by atoms with Gasteiger partial charge < -0.3 is 5.73 Å². The van der Waals surface area contributed by atoms with E-state index in [-0.39, 0.29) is 0 Å². The first-order valence-corrected chi connectivity index (χ1v) is 9.28. The highest BCUT2D eigenvalue weighted by molar-refractivity contribution is 6.90. The maximum atomic E-state index is 5.60. The van der Waals surface area contributed by atoms with Crippen molar-refractivity contribution in [3.63, 3.8) is 0 Å². The number of hydrogen-bond acceptors (Lipinski definition) is 2. The van der Waals surface area contributed by atoms with Crippen LogP contribution in [0.2, 0.25) is 16.6 Å². The Kier molecular flexibility index (Phi) is 5.19. The summed E-state index contributed by atoms with van der Waals surface area (Å²) >= 11 is 0. The van der Waals surface area contributed by atoms with Gasteiger partial charge in [-0.15, -0.1) is 5.54 Å². The summed E-state index contributed by atoms with van der Waals surface area (Å²) in [5.41, 5.74) is 12.2. The van der Waals surface area contributed by atoms with Crippen molar-refractivity contribution in [1.82, 2.24) is 4.98 Å². The van der Waals surface area contributed by atoms with Gasteiger partial charge in [-0.25, -0.2) is 4.98 Å². The number of rotatable bonds is 3. The molecule has 1 rings (SSSR count). The van der Waals surface area contributed by atoms with Crippen LogP contribution in [0, 0.1) is 11.5 Å². The van der Waals surface area contributed by atoms with Crippen molar-refractivity contribution in [2.75, 3.05) is 5.73 Å². The highest BCUT2D eigenvalue weighted by Gasteiger charge is 2.41. The third kappa shape index (κ3) is 3.39. The summed E-state index contributed by atoms with van der Waals surface area (Å²) in [6.07, 6.45) is 1.77. The Labute approximate surface area is 118 Å². The van der Waals surface area contributed by atoms with Crippen LogP contribution in [0.25, 0.3) is 0 Å². The minimum Gasteiger partial charge on any atom is -0.384 e. The van der Waals surface area contributed by atoms with Gasteiger partial charge in [-0.05, 0) is 28.8 Å². The molecule has 0 bridgehead atoms. The fourth-order valence-corrected chi connectivity index (χ4v) is 8.32. The topological polar surface area (TPSA) is 38.9 Å². The first kappa shape index (κ1) is 15.8. The maximum Gasteiger partial charge on any atom is 0.146 e. The molecule has 0 saturated heterocycles. The van der Waals surface area contributed by atoms with Gasteiger partial charge in [0, 0.05) is 11.8 Å². The Morgan fingerprint density at radius 3 is 1.89 bits per heavy atom. The van der Waals surface area contributed by atoms with Crippen LogP contribution in [0.4, 0.5) is 5.82 Å². The van der Waals surface area contributed by atoms with E-state index in [9.17, 15) is 0 Å². The molecule has 0 aromatic carbocycles. The molecule has 0 aliphatic carbocycles. The van der Waals surface area contributed by atoms with Gasteiger partial charge in [0.05, 0.1) is 0 Å². The second kappa shape index (κ2) is 6.25. The first-order valence-electron chi connectivity index (χ1n) is 7.05. The fraction of sp³-hybridized carbons (Fsp3) is 0.562. The van der Waals surface area contributed by atoms with Gasteiger partial charge in [-0.2, -0.15) is 0 Å². The molecule has 0 amide bonds. The van der Waals surface area contributed by atoms with E-state index < -0.39 is 8.07 Å². The zero-order valence-electron chi connectivity index (χ0n) is 13.0. The summed E-state index contributed by atoms with van der Waals surface area (Å²) in [7, 11) is -1.64. The van der Waals surface area contributed by atoms with E-state index in [2.05, 4.69) is 58.0 Å². The van der Waals surface area contributed by atoms with Crippen LogP contribution < -0.4 is 5.73 Å². The van der Waals surface area contributed by atoms with Gasteiger partial charge >= 0.3 is 0 Å². The molecular formula is C16H26N2Si. The van der Waals surface area contributed by atoms with Crippen LogP contribution >= 0.6 is 0 Å². The average molecular weight is 274 g/mol. The third-order valence-electron chi connectivity index (χ3n) is 4.08. The summed E-state index contributed by atoms with van der Waals surface area (Å²) in [5, 5.41) is 0. The zero-order chi connectivity index (χ0) is 14.6. The van der Waals surface area contributed by atoms with Crippen LogP contribution in [0.15, 0.2) is 18.3 Å². The van der Waals surface area contributed by atoms with Gasteiger partial charge in [0.15, 0.2) is 0 Å². The Hall–Kier alpha value is -1.27.